The van der Waals surface area contributed by atoms with Crippen molar-refractivity contribution in [3.8, 4) is 0 Å². The summed E-state index contributed by atoms with van der Waals surface area (Å²) in [5.74, 6) is 0. The first kappa shape index (κ1) is 18.5. The smallest absolute Gasteiger partial charge is 0.193 e. The third kappa shape index (κ3) is 4.66. The van der Waals surface area contributed by atoms with E-state index in [0.717, 1.165) is 22.6 Å². The van der Waals surface area contributed by atoms with E-state index in [-0.39, 0.29) is 5.29 Å². The summed E-state index contributed by atoms with van der Waals surface area (Å²) in [4.78, 5) is 6.40. The molecule has 4 heteroatoms. The van der Waals surface area contributed by atoms with Gasteiger partial charge in [-0.15, -0.1) is 0 Å². The van der Waals surface area contributed by atoms with E-state index in [4.69, 9.17) is 17.3 Å². The molecule has 3 rings (SSSR count). The van der Waals surface area contributed by atoms with Crippen LogP contribution in [0.4, 0.5) is 17.1 Å². The van der Waals surface area contributed by atoms with Crippen molar-refractivity contribution in [2.24, 2.45) is 10.7 Å². The van der Waals surface area contributed by atoms with Crippen LogP contribution >= 0.6 is 11.6 Å². The third-order valence-corrected chi connectivity index (χ3v) is 4.02. The summed E-state index contributed by atoms with van der Waals surface area (Å²) in [6, 6.07) is 28.5. The number of nitrogens with two attached hydrogens (primary N) is 1. The summed E-state index contributed by atoms with van der Waals surface area (Å²) >= 11 is 5.79. The molecule has 0 amide bonds. The van der Waals surface area contributed by atoms with Crippen LogP contribution in [0.2, 0.25) is 0 Å². The number of anilines is 3. The van der Waals surface area contributed by atoms with Gasteiger partial charge in [-0.25, -0.2) is 4.99 Å². The Kier molecular flexibility index (Phi) is 6.08. The van der Waals surface area contributed by atoms with E-state index in [2.05, 4.69) is 52.9 Å². The molecule has 0 unspecified atom stereocenters. The summed E-state index contributed by atoms with van der Waals surface area (Å²) < 4.78 is 0. The predicted octanol–water partition coefficient (Wildman–Crippen LogP) is 6.24. The van der Waals surface area contributed by atoms with Gasteiger partial charge in [-0.1, -0.05) is 61.2 Å². The normalized spacial score (nSPS) is 11.9. The second-order valence-corrected chi connectivity index (χ2v) is 6.17. The van der Waals surface area contributed by atoms with Crippen molar-refractivity contribution in [3.05, 3.63) is 109 Å². The molecule has 3 nitrogen and oxygen atoms in total. The van der Waals surface area contributed by atoms with Crippen LogP contribution in [0.15, 0.2) is 109 Å². The van der Waals surface area contributed by atoms with E-state index in [1.54, 1.807) is 12.2 Å². The van der Waals surface area contributed by atoms with Crippen molar-refractivity contribution < 1.29 is 0 Å². The summed E-state index contributed by atoms with van der Waals surface area (Å²) in [7, 11) is 0. The largest absolute Gasteiger partial charge is 0.374 e. The number of hydrogen-bond acceptors (Lipinski definition) is 2. The zero-order valence-corrected chi connectivity index (χ0v) is 15.6. The number of rotatable bonds is 6. The number of para-hydroxylation sites is 2. The molecule has 0 aliphatic rings. The Bertz CT molecular complexity index is 920. The average molecular weight is 374 g/mol. The standard InChI is InChI=1S/C23H20ClN3/c1-2-10-22(26-23(24)25)18-11-9-16-21(17-18)27(19-12-5-3-6-13-19)20-14-7-4-8-15-20/h2-17H,1H2,(H2,25,26)/b22-10-. The lowest BCUT2D eigenvalue weighted by Crippen LogP contribution is -2.10. The number of halogens is 1. The molecule has 0 saturated carbocycles. The van der Waals surface area contributed by atoms with Gasteiger partial charge in [-0.05, 0) is 54.1 Å². The van der Waals surface area contributed by atoms with Crippen LogP contribution in [-0.2, 0) is 0 Å². The van der Waals surface area contributed by atoms with E-state index in [1.165, 1.54) is 0 Å². The molecular formula is C23H20ClN3. The van der Waals surface area contributed by atoms with Gasteiger partial charge in [0.05, 0.1) is 5.70 Å². The van der Waals surface area contributed by atoms with Gasteiger partial charge in [0.1, 0.15) is 0 Å². The predicted molar refractivity (Wildman–Crippen MR) is 117 cm³/mol. The Morgan fingerprint density at radius 2 is 1.41 bits per heavy atom. The highest BCUT2D eigenvalue weighted by Crippen LogP contribution is 2.35. The van der Waals surface area contributed by atoms with Gasteiger partial charge >= 0.3 is 0 Å². The van der Waals surface area contributed by atoms with E-state index >= 15 is 0 Å². The SMILES string of the molecule is C=C/C=C(\N=C(/N)Cl)c1cccc(N(c2ccccc2)c2ccccc2)c1. The summed E-state index contributed by atoms with van der Waals surface area (Å²) in [5, 5.41) is -0.0172. The average Bonchev–Trinajstić information content (AvgIpc) is 2.69. The molecule has 0 fully saturated rings. The molecule has 0 aliphatic heterocycles. The first-order valence-electron chi connectivity index (χ1n) is 8.52. The molecular weight excluding hydrogens is 354 g/mol. The Morgan fingerprint density at radius 3 is 1.93 bits per heavy atom. The molecule has 134 valence electrons. The number of hydrogen-bond donors (Lipinski definition) is 1. The van der Waals surface area contributed by atoms with Gasteiger partial charge in [0.2, 0.25) is 0 Å². The van der Waals surface area contributed by atoms with E-state index < -0.39 is 0 Å². The molecule has 3 aromatic rings. The van der Waals surface area contributed by atoms with Crippen molar-refractivity contribution in [2.45, 2.75) is 0 Å². The maximum Gasteiger partial charge on any atom is 0.193 e. The number of nitrogens with zero attached hydrogens (tertiary/aromatic N) is 2. The lowest BCUT2D eigenvalue weighted by atomic mass is 10.1. The van der Waals surface area contributed by atoms with Crippen LogP contribution in [0, 0.1) is 0 Å². The van der Waals surface area contributed by atoms with E-state index in [9.17, 15) is 0 Å². The third-order valence-electron chi connectivity index (χ3n) is 3.93. The van der Waals surface area contributed by atoms with Crippen molar-refractivity contribution in [1.82, 2.24) is 0 Å². The van der Waals surface area contributed by atoms with Crippen LogP contribution in [0.1, 0.15) is 5.56 Å². The molecule has 0 aromatic heterocycles. The highest BCUT2D eigenvalue weighted by atomic mass is 35.5. The number of aliphatic imine (C=N–C) groups is 1. The maximum absolute atomic E-state index is 5.79. The van der Waals surface area contributed by atoms with Crippen molar-refractivity contribution in [1.29, 1.82) is 0 Å². The van der Waals surface area contributed by atoms with Crippen LogP contribution in [-0.4, -0.2) is 5.29 Å². The van der Waals surface area contributed by atoms with E-state index in [1.807, 2.05) is 48.5 Å². The summed E-state index contributed by atoms with van der Waals surface area (Å²) in [6.07, 6.45) is 3.45. The number of benzene rings is 3. The Hall–Kier alpha value is -3.30. The van der Waals surface area contributed by atoms with Crippen LogP contribution in [0.25, 0.3) is 5.70 Å². The van der Waals surface area contributed by atoms with Crippen molar-refractivity contribution in [3.63, 3.8) is 0 Å². The van der Waals surface area contributed by atoms with Gasteiger partial charge in [0.15, 0.2) is 5.29 Å². The molecule has 0 aliphatic carbocycles. The topological polar surface area (TPSA) is 41.6 Å². The molecule has 0 bridgehead atoms. The van der Waals surface area contributed by atoms with Gasteiger partial charge in [-0.2, -0.15) is 0 Å². The summed E-state index contributed by atoms with van der Waals surface area (Å²) in [6.45, 7) is 3.75. The lowest BCUT2D eigenvalue weighted by Gasteiger charge is -2.25. The molecule has 0 saturated heterocycles. The van der Waals surface area contributed by atoms with Crippen molar-refractivity contribution in [2.75, 3.05) is 4.90 Å². The minimum Gasteiger partial charge on any atom is -0.374 e. The zero-order chi connectivity index (χ0) is 19.1. The number of allylic oxidation sites excluding steroid dienone is 2. The quantitative estimate of drug-likeness (QED) is 0.240. The minimum atomic E-state index is -0.0172. The number of amidine groups is 1. The van der Waals surface area contributed by atoms with Gasteiger partial charge in [0, 0.05) is 22.6 Å². The highest BCUT2D eigenvalue weighted by molar-refractivity contribution is 6.64. The molecule has 0 heterocycles. The Labute approximate surface area is 164 Å². The van der Waals surface area contributed by atoms with Crippen LogP contribution in [0.3, 0.4) is 0 Å². The maximum atomic E-state index is 5.79. The molecule has 3 aromatic carbocycles. The second kappa shape index (κ2) is 8.88. The minimum absolute atomic E-state index is 0.0172. The Morgan fingerprint density at radius 1 is 0.852 bits per heavy atom. The monoisotopic (exact) mass is 373 g/mol. The molecule has 0 atom stereocenters. The highest BCUT2D eigenvalue weighted by Gasteiger charge is 2.13. The fraction of sp³-hybridized carbons (Fsp3) is 0. The lowest BCUT2D eigenvalue weighted by molar-refractivity contribution is 1.28. The molecule has 0 spiro atoms. The van der Waals surface area contributed by atoms with Gasteiger partial charge in [-0.3, -0.25) is 0 Å². The first-order valence-corrected chi connectivity index (χ1v) is 8.90. The van der Waals surface area contributed by atoms with Gasteiger partial charge < -0.3 is 10.6 Å². The zero-order valence-electron chi connectivity index (χ0n) is 14.8. The fourth-order valence-corrected chi connectivity index (χ4v) is 2.92. The van der Waals surface area contributed by atoms with E-state index in [0.29, 0.717) is 5.70 Å². The first-order chi connectivity index (χ1) is 13.2. The van der Waals surface area contributed by atoms with Crippen LogP contribution < -0.4 is 10.6 Å². The fourth-order valence-electron chi connectivity index (χ4n) is 2.83. The second-order valence-electron chi connectivity index (χ2n) is 5.78. The van der Waals surface area contributed by atoms with Crippen LogP contribution in [0.5, 0.6) is 0 Å². The van der Waals surface area contributed by atoms with Crippen molar-refractivity contribution >= 4 is 39.7 Å². The van der Waals surface area contributed by atoms with Gasteiger partial charge in [0.25, 0.3) is 0 Å². The summed E-state index contributed by atoms with van der Waals surface area (Å²) in [5.41, 5.74) is 10.3. The Balaban J connectivity index is 2.13. The molecule has 27 heavy (non-hydrogen) atoms. The molecule has 2 N–H and O–H groups in total. The molecule has 0 radical (unpaired) electrons.